The Bertz CT molecular complexity index is 1110. The summed E-state index contributed by atoms with van der Waals surface area (Å²) in [4.78, 5) is 16.9. The zero-order valence-electron chi connectivity index (χ0n) is 17.9. The van der Waals surface area contributed by atoms with Gasteiger partial charge in [0, 0.05) is 29.0 Å². The first-order chi connectivity index (χ1) is 14.9. The van der Waals surface area contributed by atoms with Crippen LogP contribution in [0, 0.1) is 0 Å². The molecular formula is C23H24N2O5S. The third-order valence-corrected chi connectivity index (χ3v) is 5.61. The number of anilines is 1. The van der Waals surface area contributed by atoms with E-state index in [9.17, 15) is 4.79 Å². The fourth-order valence-electron chi connectivity index (χ4n) is 3.46. The highest BCUT2D eigenvalue weighted by Gasteiger charge is 2.32. The van der Waals surface area contributed by atoms with Crippen LogP contribution in [0.4, 0.5) is 5.13 Å². The lowest BCUT2D eigenvalue weighted by Crippen LogP contribution is -2.25. The number of carbonyl (C=O) groups is 1. The van der Waals surface area contributed by atoms with Crippen molar-refractivity contribution in [2.45, 2.75) is 25.9 Å². The van der Waals surface area contributed by atoms with Gasteiger partial charge in [0.05, 0.1) is 19.9 Å². The molecule has 0 bridgehead atoms. The van der Waals surface area contributed by atoms with Crippen LogP contribution in [-0.4, -0.2) is 37.3 Å². The van der Waals surface area contributed by atoms with Crippen molar-refractivity contribution in [3.63, 3.8) is 0 Å². The van der Waals surface area contributed by atoms with E-state index in [1.807, 2.05) is 49.6 Å². The lowest BCUT2D eigenvalue weighted by molar-refractivity contribution is -0.118. The summed E-state index contributed by atoms with van der Waals surface area (Å²) in [5, 5.41) is 5.13. The van der Waals surface area contributed by atoms with Crippen molar-refractivity contribution >= 4 is 22.4 Å². The van der Waals surface area contributed by atoms with E-state index in [0.717, 1.165) is 17.5 Å². The molecule has 1 amide bonds. The molecular weight excluding hydrogens is 416 g/mol. The summed E-state index contributed by atoms with van der Waals surface area (Å²) in [6.07, 6.45) is 0.808. The van der Waals surface area contributed by atoms with Gasteiger partial charge in [0.15, 0.2) is 23.2 Å². The van der Waals surface area contributed by atoms with E-state index in [2.05, 4.69) is 10.3 Å². The fraction of sp³-hybridized carbons (Fsp3) is 0.304. The normalized spacial score (nSPS) is 13.8. The number of nitrogens with zero attached hydrogens (tertiary/aromatic N) is 1. The number of methoxy groups -OCH3 is 2. The molecule has 0 saturated carbocycles. The minimum atomic E-state index is -0.294. The first-order valence-electron chi connectivity index (χ1n) is 9.80. The summed E-state index contributed by atoms with van der Waals surface area (Å²) in [5.74, 6) is 2.33. The molecule has 3 aromatic rings. The molecule has 0 radical (unpaired) electrons. The lowest BCUT2D eigenvalue weighted by Gasteiger charge is -2.18. The van der Waals surface area contributed by atoms with E-state index in [4.69, 9.17) is 18.9 Å². The molecule has 1 N–H and O–H groups in total. The number of thiazole rings is 1. The number of rotatable bonds is 7. The highest BCUT2D eigenvalue weighted by atomic mass is 32.1. The van der Waals surface area contributed by atoms with Gasteiger partial charge < -0.3 is 18.9 Å². The molecule has 0 fully saturated rings. The van der Waals surface area contributed by atoms with Crippen LogP contribution in [0.15, 0.2) is 41.8 Å². The summed E-state index contributed by atoms with van der Waals surface area (Å²) in [6, 6.07) is 11.2. The van der Waals surface area contributed by atoms with Gasteiger partial charge in [-0.25, -0.2) is 4.98 Å². The van der Waals surface area contributed by atoms with Gasteiger partial charge in [-0.1, -0.05) is 12.1 Å². The molecule has 0 aliphatic carbocycles. The zero-order chi connectivity index (χ0) is 22.0. The topological polar surface area (TPSA) is 78.9 Å². The monoisotopic (exact) mass is 440 g/mol. The minimum Gasteiger partial charge on any atom is -0.497 e. The van der Waals surface area contributed by atoms with Crippen molar-refractivity contribution in [3.8, 4) is 34.3 Å². The summed E-state index contributed by atoms with van der Waals surface area (Å²) < 4.78 is 22.4. The predicted molar refractivity (Wildman–Crippen MR) is 120 cm³/mol. The van der Waals surface area contributed by atoms with Crippen LogP contribution in [-0.2, 0) is 11.2 Å². The fourth-order valence-corrected chi connectivity index (χ4v) is 4.19. The van der Waals surface area contributed by atoms with Gasteiger partial charge in [0.2, 0.25) is 0 Å². The van der Waals surface area contributed by atoms with Crippen LogP contribution in [0.2, 0.25) is 0 Å². The van der Waals surface area contributed by atoms with Crippen LogP contribution in [0.1, 0.15) is 19.4 Å². The van der Waals surface area contributed by atoms with E-state index in [1.54, 1.807) is 20.3 Å². The van der Waals surface area contributed by atoms with Crippen LogP contribution >= 0.6 is 11.3 Å². The molecule has 1 aliphatic rings. The molecule has 0 spiro atoms. The average Bonchev–Trinajstić information content (AvgIpc) is 3.34. The van der Waals surface area contributed by atoms with Crippen LogP contribution < -0.4 is 24.3 Å². The smallest absolute Gasteiger partial charge is 0.264 e. The number of amides is 1. The van der Waals surface area contributed by atoms with Crippen LogP contribution in [0.25, 0.3) is 11.3 Å². The first-order valence-corrected chi connectivity index (χ1v) is 10.7. The van der Waals surface area contributed by atoms with Crippen molar-refractivity contribution in [3.05, 3.63) is 47.3 Å². The standard InChI is InChI=1S/C23H24N2O5S/c1-23(2)11-14-6-5-7-18(21(14)30-23)29-12-20(26)25-22-24-17(13-31-22)16-9-8-15(27-3)10-19(16)28-4/h5-10,13H,11-12H2,1-4H3,(H,24,25,26). The molecule has 0 unspecified atom stereocenters. The molecule has 31 heavy (non-hydrogen) atoms. The largest absolute Gasteiger partial charge is 0.497 e. The number of hydrogen-bond acceptors (Lipinski definition) is 7. The number of nitrogens with one attached hydrogen (secondary N) is 1. The second-order valence-corrected chi connectivity index (χ2v) is 8.58. The Balaban J connectivity index is 1.40. The Kier molecular flexibility index (Phi) is 5.73. The number of para-hydroxylation sites is 1. The van der Waals surface area contributed by atoms with Crippen molar-refractivity contribution in [1.29, 1.82) is 0 Å². The predicted octanol–water partition coefficient (Wildman–Crippen LogP) is 4.56. The Morgan fingerprint density at radius 2 is 2.03 bits per heavy atom. The van der Waals surface area contributed by atoms with E-state index in [-0.39, 0.29) is 18.1 Å². The summed E-state index contributed by atoms with van der Waals surface area (Å²) in [7, 11) is 3.19. The first kappa shape index (κ1) is 21.0. The van der Waals surface area contributed by atoms with E-state index < -0.39 is 0 Å². The number of aromatic nitrogens is 1. The molecule has 8 heteroatoms. The van der Waals surface area contributed by atoms with Gasteiger partial charge in [-0.15, -0.1) is 11.3 Å². The van der Waals surface area contributed by atoms with Crippen molar-refractivity contribution in [2.24, 2.45) is 0 Å². The van der Waals surface area contributed by atoms with Crippen molar-refractivity contribution < 1.29 is 23.7 Å². The minimum absolute atomic E-state index is 0.138. The molecule has 0 saturated heterocycles. The molecule has 2 heterocycles. The van der Waals surface area contributed by atoms with Crippen LogP contribution in [0.5, 0.6) is 23.0 Å². The Morgan fingerprint density at radius 1 is 1.19 bits per heavy atom. The van der Waals surface area contributed by atoms with Gasteiger partial charge >= 0.3 is 0 Å². The summed E-state index contributed by atoms with van der Waals surface area (Å²) in [6.45, 7) is 3.92. The Morgan fingerprint density at radius 3 is 2.81 bits per heavy atom. The maximum absolute atomic E-state index is 12.4. The molecule has 4 rings (SSSR count). The van der Waals surface area contributed by atoms with Crippen molar-refractivity contribution in [1.82, 2.24) is 4.98 Å². The molecule has 1 aliphatic heterocycles. The SMILES string of the molecule is COc1ccc(-c2csc(NC(=O)COc3cccc4c3OC(C)(C)C4)n2)c(OC)c1. The second-order valence-electron chi connectivity index (χ2n) is 7.72. The van der Waals surface area contributed by atoms with Gasteiger partial charge in [-0.3, -0.25) is 10.1 Å². The second kappa shape index (κ2) is 8.47. The zero-order valence-corrected chi connectivity index (χ0v) is 18.7. The Hall–Kier alpha value is -3.26. The number of ether oxygens (including phenoxy) is 4. The highest BCUT2D eigenvalue weighted by molar-refractivity contribution is 7.14. The maximum atomic E-state index is 12.4. The summed E-state index contributed by atoms with van der Waals surface area (Å²) >= 11 is 1.33. The number of benzene rings is 2. The lowest BCUT2D eigenvalue weighted by atomic mass is 10.0. The maximum Gasteiger partial charge on any atom is 0.264 e. The molecule has 1 aromatic heterocycles. The number of fused-ring (bicyclic) bond motifs is 1. The van der Waals surface area contributed by atoms with Gasteiger partial charge in [0.1, 0.15) is 17.1 Å². The van der Waals surface area contributed by atoms with Gasteiger partial charge in [-0.2, -0.15) is 0 Å². The molecule has 2 aromatic carbocycles. The van der Waals surface area contributed by atoms with Gasteiger partial charge in [0.25, 0.3) is 5.91 Å². The molecule has 7 nitrogen and oxygen atoms in total. The van der Waals surface area contributed by atoms with Crippen molar-refractivity contribution in [2.75, 3.05) is 26.1 Å². The summed E-state index contributed by atoms with van der Waals surface area (Å²) in [5.41, 5.74) is 2.33. The molecule has 162 valence electrons. The quantitative estimate of drug-likeness (QED) is 0.580. The van der Waals surface area contributed by atoms with Crippen LogP contribution in [0.3, 0.4) is 0 Å². The Labute approximate surface area is 184 Å². The van der Waals surface area contributed by atoms with E-state index in [1.165, 1.54) is 11.3 Å². The third kappa shape index (κ3) is 4.59. The highest BCUT2D eigenvalue weighted by Crippen LogP contribution is 2.41. The number of hydrogen-bond donors (Lipinski definition) is 1. The van der Waals surface area contributed by atoms with E-state index in [0.29, 0.717) is 33.8 Å². The van der Waals surface area contributed by atoms with Gasteiger partial charge in [-0.05, 0) is 32.0 Å². The van der Waals surface area contributed by atoms with E-state index >= 15 is 0 Å². The average molecular weight is 441 g/mol. The molecule has 0 atom stereocenters. The third-order valence-electron chi connectivity index (χ3n) is 4.85. The number of carbonyl (C=O) groups excluding carboxylic acids is 1.